The molecule has 0 bridgehead atoms. The van der Waals surface area contributed by atoms with Gasteiger partial charge in [-0.25, -0.2) is 0 Å². The van der Waals surface area contributed by atoms with Crippen molar-refractivity contribution in [2.24, 2.45) is 0 Å². The van der Waals surface area contributed by atoms with E-state index in [0.717, 1.165) is 0 Å². The molecule has 0 amide bonds. The van der Waals surface area contributed by atoms with Crippen LogP contribution in [0.15, 0.2) is 0 Å². The third-order valence-electron chi connectivity index (χ3n) is 0. The van der Waals surface area contributed by atoms with Crippen molar-refractivity contribution < 1.29 is 42.2 Å². The van der Waals surface area contributed by atoms with E-state index in [1.165, 1.54) is 0 Å². The van der Waals surface area contributed by atoms with Gasteiger partial charge in [-0.2, -0.15) is 0 Å². The van der Waals surface area contributed by atoms with E-state index in [9.17, 15) is 0 Å². The molecule has 15 heavy (non-hydrogen) atoms. The first-order valence-electron chi connectivity index (χ1n) is 1.84. The van der Waals surface area contributed by atoms with Gasteiger partial charge >= 0.3 is 34.7 Å². The number of rotatable bonds is 0. The molecule has 0 spiro atoms. The van der Waals surface area contributed by atoms with E-state index in [1.54, 1.807) is 0 Å². The van der Waals surface area contributed by atoms with Crippen LogP contribution in [0.3, 0.4) is 0 Å². The Balaban J connectivity index is -0.0000000184. The Morgan fingerprint density at radius 1 is 0.533 bits per heavy atom. The summed E-state index contributed by atoms with van der Waals surface area (Å²) in [6, 6.07) is 0. The fourth-order valence-corrected chi connectivity index (χ4v) is 0. The zero-order valence-electron chi connectivity index (χ0n) is 6.74. The quantitative estimate of drug-likeness (QED) is 0.390. The Morgan fingerprint density at radius 2 is 0.533 bits per heavy atom. The van der Waals surface area contributed by atoms with Crippen molar-refractivity contribution in [3.05, 3.63) is 0 Å². The molecule has 80 valence electrons. The van der Waals surface area contributed by atoms with Crippen molar-refractivity contribution in [2.75, 3.05) is 0 Å². The summed E-state index contributed by atoms with van der Waals surface area (Å²) in [6.07, 6.45) is 0. The molecule has 15 heteroatoms. The maximum absolute atomic E-state index is 8.52. The molecule has 0 aliphatic rings. The Labute approximate surface area is 116 Å². The maximum Gasteiger partial charge on any atom is 3.00 e. The number of hydrogen-bond donors (Lipinski definition) is 0. The summed E-state index contributed by atoms with van der Waals surface area (Å²) in [5, 5.41) is 0. The molecule has 0 atom stereocenters. The second-order valence-electron chi connectivity index (χ2n) is 0.750. The van der Waals surface area contributed by atoms with E-state index in [2.05, 4.69) is 0 Å². The first kappa shape index (κ1) is 36.2. The minimum Gasteiger partial charge on any atom is -0.672 e. The summed E-state index contributed by atoms with van der Waals surface area (Å²) in [4.78, 5) is 51.1. The van der Waals surface area contributed by atoms with Crippen LogP contribution in [-0.4, -0.2) is 62.2 Å². The topological polar surface area (TPSA) is 190 Å². The summed E-state index contributed by atoms with van der Waals surface area (Å²) in [5.41, 5.74) is 0. The third-order valence-corrected chi connectivity index (χ3v) is 0. The first-order valence-corrected chi connectivity index (χ1v) is 5.51. The molecule has 0 aliphatic heterocycles. The predicted molar refractivity (Wildman–Crippen MR) is 38.1 cm³/mol. The van der Waals surface area contributed by atoms with Crippen LogP contribution in [0.1, 0.15) is 0 Å². The number of hydrogen-bond acceptors (Lipinski definition) is 9. The SMILES string of the molecule is Cl.O=[Si]([O-])[O-].O=[Si]([O-])[O-].O=[Si]([O-])[O-].[Al+3].[Al+3]. The molecule has 0 aromatic rings. The molecule has 0 saturated heterocycles. The van der Waals surface area contributed by atoms with E-state index in [-0.39, 0.29) is 47.1 Å². The van der Waals surface area contributed by atoms with E-state index < -0.39 is 27.5 Å². The Bertz CT molecular complexity index is 121. The van der Waals surface area contributed by atoms with E-state index in [0.29, 0.717) is 0 Å². The first-order chi connectivity index (χ1) is 5.20. The summed E-state index contributed by atoms with van der Waals surface area (Å²) in [5.74, 6) is 0. The van der Waals surface area contributed by atoms with Crippen LogP contribution in [0.4, 0.5) is 0 Å². The monoisotopic (exact) mass is 318 g/mol. The standard InChI is InChI=1S/2Al.ClH.3O3Si/c;;;3*1-4(2)3/h;;1H;;;/q2*+3;;3*-2. The molecule has 0 saturated carbocycles. The van der Waals surface area contributed by atoms with Gasteiger partial charge < -0.3 is 42.2 Å². The van der Waals surface area contributed by atoms with Gasteiger partial charge in [0.1, 0.15) is 0 Å². The molecule has 0 aliphatic carbocycles. The molecule has 0 radical (unpaired) electrons. The zero-order chi connectivity index (χ0) is 10.7. The van der Waals surface area contributed by atoms with E-state index >= 15 is 0 Å². The van der Waals surface area contributed by atoms with E-state index in [1.807, 2.05) is 0 Å². The fourth-order valence-electron chi connectivity index (χ4n) is 0. The summed E-state index contributed by atoms with van der Waals surface area (Å²) in [6.45, 7) is 0. The van der Waals surface area contributed by atoms with Crippen molar-refractivity contribution in [1.82, 2.24) is 0 Å². The van der Waals surface area contributed by atoms with Gasteiger partial charge in [-0.3, -0.25) is 0 Å². The summed E-state index contributed by atoms with van der Waals surface area (Å²) >= 11 is 0. The van der Waals surface area contributed by atoms with Crippen LogP contribution >= 0.6 is 12.4 Å². The third kappa shape index (κ3) is 50100. The number of halogens is 1. The fraction of sp³-hybridized carbons (Fsp3) is 0. The zero-order valence-corrected chi connectivity index (χ0v) is 12.9. The van der Waals surface area contributed by atoms with Gasteiger partial charge in [-0.15, -0.1) is 12.4 Å². The minimum atomic E-state index is -3.63. The van der Waals surface area contributed by atoms with Crippen molar-refractivity contribution in [1.29, 1.82) is 0 Å². The summed E-state index contributed by atoms with van der Waals surface area (Å²) in [7, 11) is -10.9. The van der Waals surface area contributed by atoms with Crippen LogP contribution < -0.4 is 28.8 Å². The van der Waals surface area contributed by atoms with Crippen LogP contribution in [0.25, 0.3) is 0 Å². The van der Waals surface area contributed by atoms with Crippen LogP contribution in [0.5, 0.6) is 0 Å². The second kappa shape index (κ2) is 29.2. The van der Waals surface area contributed by atoms with E-state index in [4.69, 9.17) is 42.2 Å². The Hall–Kier alpha value is 0.206. The van der Waals surface area contributed by atoms with Gasteiger partial charge in [0.25, 0.3) is 0 Å². The molecule has 0 fully saturated rings. The molecule has 0 heterocycles. The Morgan fingerprint density at radius 3 is 0.533 bits per heavy atom. The summed E-state index contributed by atoms with van der Waals surface area (Å²) < 4.78 is 25.6. The average molecular weight is 319 g/mol. The predicted octanol–water partition coefficient (Wildman–Crippen LogP) is -8.97. The van der Waals surface area contributed by atoms with Gasteiger partial charge in [0.05, 0.1) is 0 Å². The van der Waals surface area contributed by atoms with Crippen LogP contribution in [0, 0.1) is 0 Å². The Kier molecular flexibility index (Phi) is 70.6. The van der Waals surface area contributed by atoms with Gasteiger partial charge in [0, 0.05) is 27.5 Å². The maximum atomic E-state index is 8.52. The molecule has 9 nitrogen and oxygen atoms in total. The molecular weight excluding hydrogens is 318 g/mol. The van der Waals surface area contributed by atoms with Crippen LogP contribution in [-0.2, 0) is 13.4 Å². The van der Waals surface area contributed by atoms with Gasteiger partial charge in [-0.1, -0.05) is 0 Å². The van der Waals surface area contributed by atoms with Crippen molar-refractivity contribution in [3.8, 4) is 0 Å². The van der Waals surface area contributed by atoms with Gasteiger partial charge in [0.15, 0.2) is 0 Å². The van der Waals surface area contributed by atoms with Gasteiger partial charge in [-0.05, 0) is 0 Å². The molecule has 0 rings (SSSR count). The largest absolute Gasteiger partial charge is 3.00 e. The second-order valence-corrected chi connectivity index (χ2v) is 2.25. The molecule has 0 unspecified atom stereocenters. The molecule has 0 aromatic heterocycles. The smallest absolute Gasteiger partial charge is 0.672 e. The molecule has 0 aromatic carbocycles. The van der Waals surface area contributed by atoms with Crippen molar-refractivity contribution >= 4 is 74.6 Å². The molecule has 0 N–H and O–H groups in total. The average Bonchev–Trinajstić information content (AvgIpc) is 1.54. The molecular formula is HAl2ClO9Si3. The minimum absolute atomic E-state index is 0. The van der Waals surface area contributed by atoms with Crippen LogP contribution in [0.2, 0.25) is 0 Å². The van der Waals surface area contributed by atoms with Crippen molar-refractivity contribution in [2.45, 2.75) is 0 Å². The normalized spacial score (nSPS) is 4.80. The van der Waals surface area contributed by atoms with Gasteiger partial charge in [0.2, 0.25) is 0 Å². The van der Waals surface area contributed by atoms with Crippen molar-refractivity contribution in [3.63, 3.8) is 0 Å².